The molecule has 0 aliphatic rings. The molecule has 0 saturated carbocycles. The van der Waals surface area contributed by atoms with Crippen LogP contribution in [0.25, 0.3) is 21.8 Å². The fourth-order valence-electron chi connectivity index (χ4n) is 3.59. The van der Waals surface area contributed by atoms with Crippen molar-refractivity contribution in [2.75, 3.05) is 11.9 Å². The van der Waals surface area contributed by atoms with E-state index in [1.807, 2.05) is 0 Å². The molecule has 0 bridgehead atoms. The number of aromatic nitrogens is 4. The van der Waals surface area contributed by atoms with Crippen molar-refractivity contribution in [2.45, 2.75) is 25.1 Å². The number of nitrogens with one attached hydrogen (secondary N) is 1. The second-order valence-electron chi connectivity index (χ2n) is 7.68. The van der Waals surface area contributed by atoms with E-state index in [0.717, 1.165) is 12.1 Å². The van der Waals surface area contributed by atoms with Gasteiger partial charge in [-0.25, -0.2) is 14.4 Å². The number of fused-ring (bicyclic) bond motifs is 3. The molecule has 180 valence electrons. The standard InChI is InChI=1S/C21H16BrF6N5O/c1-9(10-3-11(5-12(23)4-10)20(24,25)8-34)30-18-13-6-15(22)17-14(7-29-33(17)2)16(13)31-19(32-18)21(26,27)28/h3-7,9,34H,8H2,1-2H3,(H,30,31,32). The van der Waals surface area contributed by atoms with Gasteiger partial charge in [0.25, 0.3) is 5.92 Å². The van der Waals surface area contributed by atoms with Crippen LogP contribution in [0, 0.1) is 5.82 Å². The number of alkyl halides is 5. The average molecular weight is 548 g/mol. The van der Waals surface area contributed by atoms with Gasteiger partial charge in [0.1, 0.15) is 18.2 Å². The first-order valence-corrected chi connectivity index (χ1v) is 10.6. The van der Waals surface area contributed by atoms with E-state index >= 15 is 0 Å². The third kappa shape index (κ3) is 4.29. The maximum atomic E-state index is 14.1. The lowest BCUT2D eigenvalue weighted by atomic mass is 10.0. The molecule has 13 heteroatoms. The molecule has 0 radical (unpaired) electrons. The van der Waals surface area contributed by atoms with Crippen LogP contribution < -0.4 is 5.32 Å². The number of benzene rings is 2. The second kappa shape index (κ2) is 8.38. The second-order valence-corrected chi connectivity index (χ2v) is 8.53. The van der Waals surface area contributed by atoms with Gasteiger partial charge in [-0.05, 0) is 52.7 Å². The summed E-state index contributed by atoms with van der Waals surface area (Å²) in [5.41, 5.74) is -0.249. The lowest BCUT2D eigenvalue weighted by Crippen LogP contribution is -2.20. The van der Waals surface area contributed by atoms with E-state index in [4.69, 9.17) is 5.11 Å². The Hall–Kier alpha value is -2.93. The number of hydrogen-bond donors (Lipinski definition) is 2. The fourth-order valence-corrected chi connectivity index (χ4v) is 4.29. The maximum absolute atomic E-state index is 14.1. The number of halogens is 7. The largest absolute Gasteiger partial charge is 0.451 e. The lowest BCUT2D eigenvalue weighted by Gasteiger charge is -2.20. The minimum Gasteiger partial charge on any atom is -0.390 e. The van der Waals surface area contributed by atoms with Crippen molar-refractivity contribution in [1.82, 2.24) is 19.7 Å². The number of nitrogens with zero attached hydrogens (tertiary/aromatic N) is 4. The lowest BCUT2D eigenvalue weighted by molar-refractivity contribution is -0.144. The van der Waals surface area contributed by atoms with Gasteiger partial charge in [0.05, 0.1) is 23.3 Å². The smallest absolute Gasteiger partial charge is 0.390 e. The summed E-state index contributed by atoms with van der Waals surface area (Å²) in [5, 5.41) is 16.3. The van der Waals surface area contributed by atoms with E-state index in [1.54, 1.807) is 7.05 Å². The maximum Gasteiger partial charge on any atom is 0.451 e. The number of hydrogen-bond acceptors (Lipinski definition) is 5. The monoisotopic (exact) mass is 547 g/mol. The molecule has 0 saturated heterocycles. The Kier molecular flexibility index (Phi) is 5.96. The van der Waals surface area contributed by atoms with Crippen molar-refractivity contribution >= 4 is 43.6 Å². The molecule has 0 aliphatic carbocycles. The first kappa shape index (κ1) is 24.2. The molecule has 2 aromatic heterocycles. The van der Waals surface area contributed by atoms with Crippen LogP contribution >= 0.6 is 15.9 Å². The number of aliphatic hydroxyl groups is 1. The highest BCUT2D eigenvalue weighted by Crippen LogP contribution is 2.38. The van der Waals surface area contributed by atoms with Crippen molar-refractivity contribution in [3.63, 3.8) is 0 Å². The highest BCUT2D eigenvalue weighted by atomic mass is 79.9. The van der Waals surface area contributed by atoms with E-state index in [9.17, 15) is 26.3 Å². The molecular formula is C21H16BrF6N5O. The zero-order valence-electron chi connectivity index (χ0n) is 17.6. The molecule has 2 N–H and O–H groups in total. The molecule has 1 unspecified atom stereocenters. The summed E-state index contributed by atoms with van der Waals surface area (Å²) in [7, 11) is 1.62. The molecule has 0 amide bonds. The van der Waals surface area contributed by atoms with E-state index in [-0.39, 0.29) is 22.3 Å². The van der Waals surface area contributed by atoms with Crippen molar-refractivity contribution in [3.05, 3.63) is 57.7 Å². The molecule has 4 aromatic rings. The Bertz CT molecular complexity index is 1400. The van der Waals surface area contributed by atoms with Crippen LogP contribution in [0.3, 0.4) is 0 Å². The Morgan fingerprint density at radius 2 is 1.79 bits per heavy atom. The van der Waals surface area contributed by atoms with Crippen molar-refractivity contribution in [2.24, 2.45) is 7.05 Å². The molecule has 1 atom stereocenters. The van der Waals surface area contributed by atoms with Crippen LogP contribution in [0.2, 0.25) is 0 Å². The van der Waals surface area contributed by atoms with Crippen LogP contribution in [0.1, 0.15) is 29.9 Å². The zero-order chi connectivity index (χ0) is 25.0. The first-order valence-electron chi connectivity index (χ1n) is 9.77. The summed E-state index contributed by atoms with van der Waals surface area (Å²) >= 11 is 3.38. The van der Waals surface area contributed by atoms with Gasteiger partial charge in [0, 0.05) is 27.9 Å². The summed E-state index contributed by atoms with van der Waals surface area (Å²) < 4.78 is 84.6. The Labute approximate surface area is 196 Å². The van der Waals surface area contributed by atoms with E-state index in [1.165, 1.54) is 23.9 Å². The molecule has 2 heterocycles. The Balaban J connectivity index is 1.88. The molecule has 34 heavy (non-hydrogen) atoms. The highest BCUT2D eigenvalue weighted by molar-refractivity contribution is 9.10. The molecule has 0 fully saturated rings. The minimum atomic E-state index is -4.87. The third-order valence-corrected chi connectivity index (χ3v) is 5.89. The quantitative estimate of drug-likeness (QED) is 0.314. The number of anilines is 1. The van der Waals surface area contributed by atoms with Crippen molar-refractivity contribution in [1.29, 1.82) is 0 Å². The number of rotatable bonds is 5. The molecular weight excluding hydrogens is 532 g/mol. The van der Waals surface area contributed by atoms with E-state index < -0.39 is 42.0 Å². The van der Waals surface area contributed by atoms with Gasteiger partial charge in [-0.3, -0.25) is 4.68 Å². The number of aryl methyl sites for hydroxylation is 1. The van der Waals surface area contributed by atoms with Gasteiger partial charge in [-0.1, -0.05) is 0 Å². The van der Waals surface area contributed by atoms with Gasteiger partial charge in [-0.2, -0.15) is 27.1 Å². The first-order chi connectivity index (χ1) is 15.8. The summed E-state index contributed by atoms with van der Waals surface area (Å²) in [6.45, 7) is -0.0766. The van der Waals surface area contributed by atoms with Gasteiger partial charge in [0.2, 0.25) is 5.82 Å². The van der Waals surface area contributed by atoms with Gasteiger partial charge in [0.15, 0.2) is 0 Å². The zero-order valence-corrected chi connectivity index (χ0v) is 19.1. The van der Waals surface area contributed by atoms with Crippen LogP contribution in [0.15, 0.2) is 34.9 Å². The fraction of sp³-hybridized carbons (Fsp3) is 0.286. The van der Waals surface area contributed by atoms with Crippen LogP contribution in [-0.2, 0) is 19.1 Å². The van der Waals surface area contributed by atoms with Gasteiger partial charge < -0.3 is 10.4 Å². The molecule has 4 rings (SSSR count). The molecule has 2 aromatic carbocycles. The summed E-state index contributed by atoms with van der Waals surface area (Å²) in [4.78, 5) is 7.33. The van der Waals surface area contributed by atoms with Crippen molar-refractivity contribution in [3.8, 4) is 0 Å². The predicted octanol–water partition coefficient (Wildman–Crippen LogP) is 5.69. The predicted molar refractivity (Wildman–Crippen MR) is 116 cm³/mol. The third-order valence-electron chi connectivity index (χ3n) is 5.28. The SMILES string of the molecule is CC(Nc1nc(C(F)(F)F)nc2c1cc(Br)c1c2cnn1C)c1cc(F)cc(C(F)(F)CO)c1. The van der Waals surface area contributed by atoms with Crippen molar-refractivity contribution < 1.29 is 31.4 Å². The highest BCUT2D eigenvalue weighted by Gasteiger charge is 2.36. The summed E-state index contributed by atoms with van der Waals surface area (Å²) in [6.07, 6.45) is -3.50. The molecule has 6 nitrogen and oxygen atoms in total. The Morgan fingerprint density at radius 1 is 1.09 bits per heavy atom. The van der Waals surface area contributed by atoms with E-state index in [0.29, 0.717) is 21.4 Å². The normalized spacial score (nSPS) is 13.6. The van der Waals surface area contributed by atoms with Crippen LogP contribution in [0.5, 0.6) is 0 Å². The average Bonchev–Trinajstić information content (AvgIpc) is 3.15. The molecule has 0 aliphatic heterocycles. The summed E-state index contributed by atoms with van der Waals surface area (Å²) in [6, 6.07) is 3.11. The topological polar surface area (TPSA) is 75.9 Å². The van der Waals surface area contributed by atoms with E-state index in [2.05, 4.69) is 36.3 Å². The van der Waals surface area contributed by atoms with Gasteiger partial charge >= 0.3 is 6.18 Å². The van der Waals surface area contributed by atoms with Gasteiger partial charge in [-0.15, -0.1) is 0 Å². The van der Waals surface area contributed by atoms with Crippen LogP contribution in [-0.4, -0.2) is 31.5 Å². The van der Waals surface area contributed by atoms with Crippen LogP contribution in [0.4, 0.5) is 32.2 Å². The summed E-state index contributed by atoms with van der Waals surface area (Å²) in [5.74, 6) is -6.32. The minimum absolute atomic E-state index is 0.0185. The Morgan fingerprint density at radius 3 is 2.44 bits per heavy atom. The number of aliphatic hydroxyl groups excluding tert-OH is 1. The molecule has 0 spiro atoms.